The number of aromatic nitrogens is 1. The second-order valence-corrected chi connectivity index (χ2v) is 6.56. The Morgan fingerprint density at radius 3 is 2.24 bits per heavy atom. The maximum Gasteiger partial charge on any atom is 0.137 e. The van der Waals surface area contributed by atoms with Crippen molar-refractivity contribution in [3.8, 4) is 6.07 Å². The summed E-state index contributed by atoms with van der Waals surface area (Å²) in [6.07, 6.45) is 0.645. The number of nitrogens with zero attached hydrogens (tertiary/aromatic N) is 2. The van der Waals surface area contributed by atoms with E-state index in [2.05, 4.69) is 56.3 Å². The monoisotopic (exact) mass is 282 g/mol. The predicted octanol–water partition coefficient (Wildman–Crippen LogP) is 4.44. The summed E-state index contributed by atoms with van der Waals surface area (Å²) in [6.45, 7) is 10.4. The molecule has 0 spiro atoms. The number of benzene rings is 1. The van der Waals surface area contributed by atoms with Gasteiger partial charge >= 0.3 is 0 Å². The van der Waals surface area contributed by atoms with Crippen LogP contribution in [-0.2, 0) is 11.8 Å². The number of hydrogen-bond donors (Lipinski definition) is 0. The molecular formula is C18H22N2O. The van der Waals surface area contributed by atoms with Crippen LogP contribution in [-0.4, -0.2) is 5.16 Å². The number of rotatable bonds is 3. The van der Waals surface area contributed by atoms with Crippen molar-refractivity contribution in [2.45, 2.75) is 52.4 Å². The van der Waals surface area contributed by atoms with Crippen LogP contribution in [0.3, 0.4) is 0 Å². The van der Waals surface area contributed by atoms with Gasteiger partial charge in [-0.2, -0.15) is 5.26 Å². The highest BCUT2D eigenvalue weighted by Crippen LogP contribution is 2.27. The Kier molecular flexibility index (Phi) is 4.18. The number of aryl methyl sites for hydroxylation is 2. The molecule has 0 aliphatic carbocycles. The largest absolute Gasteiger partial charge is 0.361 e. The maximum atomic E-state index is 9.49. The SMILES string of the molecule is Cc1noc(C)c1CC(C#N)c1ccc(C(C)(C)C)cc1. The third-order valence-electron chi connectivity index (χ3n) is 3.92. The summed E-state index contributed by atoms with van der Waals surface area (Å²) in [7, 11) is 0. The van der Waals surface area contributed by atoms with Crippen molar-refractivity contribution in [2.75, 3.05) is 0 Å². The topological polar surface area (TPSA) is 49.8 Å². The van der Waals surface area contributed by atoms with E-state index in [0.717, 1.165) is 22.6 Å². The Bertz CT molecular complexity index is 635. The summed E-state index contributed by atoms with van der Waals surface area (Å²) >= 11 is 0. The van der Waals surface area contributed by atoms with E-state index in [9.17, 15) is 5.26 Å². The first-order valence-corrected chi connectivity index (χ1v) is 7.24. The molecule has 3 nitrogen and oxygen atoms in total. The molecule has 0 bridgehead atoms. The molecule has 2 aromatic rings. The highest BCUT2D eigenvalue weighted by Gasteiger charge is 2.19. The van der Waals surface area contributed by atoms with Crippen LogP contribution in [0.5, 0.6) is 0 Å². The van der Waals surface area contributed by atoms with Crippen molar-refractivity contribution < 1.29 is 4.52 Å². The second kappa shape index (κ2) is 5.73. The molecule has 110 valence electrons. The standard InChI is InChI=1S/C18H22N2O/c1-12-17(13(2)21-20-12)10-15(11-19)14-6-8-16(9-7-14)18(3,4)5/h6-9,15H,10H2,1-5H3. The minimum atomic E-state index is -0.171. The predicted molar refractivity (Wildman–Crippen MR) is 83.2 cm³/mol. The smallest absolute Gasteiger partial charge is 0.137 e. The molecule has 0 N–H and O–H groups in total. The van der Waals surface area contributed by atoms with Crippen molar-refractivity contribution in [1.29, 1.82) is 5.26 Å². The van der Waals surface area contributed by atoms with Crippen molar-refractivity contribution in [3.05, 3.63) is 52.4 Å². The average molecular weight is 282 g/mol. The fourth-order valence-electron chi connectivity index (χ4n) is 2.45. The zero-order valence-electron chi connectivity index (χ0n) is 13.4. The number of hydrogen-bond acceptors (Lipinski definition) is 3. The quantitative estimate of drug-likeness (QED) is 0.836. The summed E-state index contributed by atoms with van der Waals surface area (Å²) in [5, 5.41) is 13.4. The second-order valence-electron chi connectivity index (χ2n) is 6.56. The first kappa shape index (κ1) is 15.3. The molecule has 1 aromatic carbocycles. The molecule has 1 atom stereocenters. The number of nitriles is 1. The van der Waals surface area contributed by atoms with Crippen LogP contribution >= 0.6 is 0 Å². The van der Waals surface area contributed by atoms with Gasteiger partial charge in [-0.3, -0.25) is 0 Å². The van der Waals surface area contributed by atoms with Gasteiger partial charge in [0, 0.05) is 5.56 Å². The van der Waals surface area contributed by atoms with Crippen LogP contribution in [0.4, 0.5) is 0 Å². The molecule has 0 saturated heterocycles. The van der Waals surface area contributed by atoms with E-state index < -0.39 is 0 Å². The minimum absolute atomic E-state index is 0.127. The lowest BCUT2D eigenvalue weighted by Gasteiger charge is -2.19. The molecule has 0 aliphatic heterocycles. The Morgan fingerprint density at radius 1 is 1.19 bits per heavy atom. The average Bonchev–Trinajstić information content (AvgIpc) is 2.75. The van der Waals surface area contributed by atoms with Crippen LogP contribution in [0.25, 0.3) is 0 Å². The van der Waals surface area contributed by atoms with Crippen molar-refractivity contribution in [1.82, 2.24) is 5.16 Å². The van der Waals surface area contributed by atoms with Gasteiger partial charge in [-0.25, -0.2) is 0 Å². The molecule has 0 fully saturated rings. The fourth-order valence-corrected chi connectivity index (χ4v) is 2.45. The molecule has 0 amide bonds. The van der Waals surface area contributed by atoms with E-state index in [-0.39, 0.29) is 11.3 Å². The van der Waals surface area contributed by atoms with Crippen LogP contribution in [0.2, 0.25) is 0 Å². The van der Waals surface area contributed by atoms with Crippen molar-refractivity contribution in [3.63, 3.8) is 0 Å². The van der Waals surface area contributed by atoms with Crippen LogP contribution in [0.15, 0.2) is 28.8 Å². The van der Waals surface area contributed by atoms with Gasteiger partial charge in [0.1, 0.15) is 5.76 Å². The van der Waals surface area contributed by atoms with Crippen molar-refractivity contribution in [2.24, 2.45) is 0 Å². The molecule has 2 rings (SSSR count). The molecule has 0 aliphatic rings. The van der Waals surface area contributed by atoms with Gasteiger partial charge in [-0.1, -0.05) is 50.2 Å². The third kappa shape index (κ3) is 3.33. The molecule has 1 aromatic heterocycles. The molecular weight excluding hydrogens is 260 g/mol. The molecule has 0 radical (unpaired) electrons. The summed E-state index contributed by atoms with van der Waals surface area (Å²) in [5.41, 5.74) is 4.37. The first-order valence-electron chi connectivity index (χ1n) is 7.24. The van der Waals surface area contributed by atoms with Gasteiger partial charge in [0.15, 0.2) is 0 Å². The van der Waals surface area contributed by atoms with Gasteiger partial charge in [-0.15, -0.1) is 0 Å². The lowest BCUT2D eigenvalue weighted by Crippen LogP contribution is -2.11. The highest BCUT2D eigenvalue weighted by molar-refractivity contribution is 5.34. The van der Waals surface area contributed by atoms with Crippen LogP contribution in [0, 0.1) is 25.2 Å². The third-order valence-corrected chi connectivity index (χ3v) is 3.92. The molecule has 3 heteroatoms. The van der Waals surface area contributed by atoms with E-state index in [1.807, 2.05) is 13.8 Å². The van der Waals surface area contributed by atoms with Gasteiger partial charge in [0.05, 0.1) is 17.7 Å². The Balaban J connectivity index is 2.25. The van der Waals surface area contributed by atoms with Crippen LogP contribution < -0.4 is 0 Å². The van der Waals surface area contributed by atoms with Gasteiger partial charge in [0.25, 0.3) is 0 Å². The van der Waals surface area contributed by atoms with Gasteiger partial charge in [0.2, 0.25) is 0 Å². The zero-order chi connectivity index (χ0) is 15.6. The summed E-state index contributed by atoms with van der Waals surface area (Å²) in [5.74, 6) is 0.634. The minimum Gasteiger partial charge on any atom is -0.361 e. The van der Waals surface area contributed by atoms with Crippen molar-refractivity contribution >= 4 is 0 Å². The van der Waals surface area contributed by atoms with E-state index in [1.165, 1.54) is 5.56 Å². The Hall–Kier alpha value is -2.08. The lowest BCUT2D eigenvalue weighted by molar-refractivity contribution is 0.392. The Morgan fingerprint density at radius 2 is 1.81 bits per heavy atom. The first-order chi connectivity index (χ1) is 9.82. The van der Waals surface area contributed by atoms with E-state index in [1.54, 1.807) is 0 Å². The summed E-state index contributed by atoms with van der Waals surface area (Å²) < 4.78 is 5.18. The van der Waals surface area contributed by atoms with E-state index in [0.29, 0.717) is 6.42 Å². The molecule has 1 unspecified atom stereocenters. The highest BCUT2D eigenvalue weighted by atomic mass is 16.5. The van der Waals surface area contributed by atoms with E-state index in [4.69, 9.17) is 4.52 Å². The van der Waals surface area contributed by atoms with Crippen LogP contribution in [0.1, 0.15) is 54.8 Å². The maximum absolute atomic E-state index is 9.49. The van der Waals surface area contributed by atoms with E-state index >= 15 is 0 Å². The Labute approximate surface area is 126 Å². The summed E-state index contributed by atoms with van der Waals surface area (Å²) in [4.78, 5) is 0. The molecule has 21 heavy (non-hydrogen) atoms. The fraction of sp³-hybridized carbons (Fsp3) is 0.444. The molecule has 0 saturated carbocycles. The van der Waals surface area contributed by atoms with Gasteiger partial charge < -0.3 is 4.52 Å². The summed E-state index contributed by atoms with van der Waals surface area (Å²) in [6, 6.07) is 10.8. The normalized spacial score (nSPS) is 13.0. The van der Waals surface area contributed by atoms with Gasteiger partial charge in [-0.05, 0) is 36.8 Å². The lowest BCUT2D eigenvalue weighted by atomic mass is 9.85. The zero-order valence-corrected chi connectivity index (χ0v) is 13.4. The molecule has 1 heterocycles.